The molecule has 0 heterocycles. The van der Waals surface area contributed by atoms with Crippen molar-refractivity contribution in [2.24, 2.45) is 0 Å². The van der Waals surface area contributed by atoms with Crippen LogP contribution < -0.4 is 0 Å². The molecule has 0 saturated heterocycles. The Morgan fingerprint density at radius 3 is 0.367 bits per heavy atom. The topological polar surface area (TPSA) is 452 Å². The molecule has 0 aromatic rings. The van der Waals surface area contributed by atoms with E-state index in [1.54, 1.807) is 0 Å². The summed E-state index contributed by atoms with van der Waals surface area (Å²) in [5, 5.41) is 98.8. The quantitative estimate of drug-likeness (QED) is 0.141. The molecule has 0 aliphatic heterocycles. The third-order valence-corrected chi connectivity index (χ3v) is 0. The average molecular weight is 497 g/mol. The van der Waals surface area contributed by atoms with Gasteiger partial charge in [0.15, 0.2) is 0 Å². The van der Waals surface area contributed by atoms with Crippen molar-refractivity contribution in [1.29, 1.82) is 0 Å². The molecular weight excluding hydrogens is 489 g/mol. The van der Waals surface area contributed by atoms with Crippen molar-refractivity contribution in [3.05, 3.63) is 86.4 Å². The van der Waals surface area contributed by atoms with Gasteiger partial charge in [-0.1, -0.05) is 0 Å². The molecule has 0 radical (unpaired) electrons. The van der Waals surface area contributed by atoms with Crippen LogP contribution >= 0.6 is 0 Å². The van der Waals surface area contributed by atoms with Crippen molar-refractivity contribution < 1.29 is 56.4 Å². The molecule has 0 aromatic heterocycles. The van der Waals surface area contributed by atoms with E-state index in [1.165, 1.54) is 0 Å². The summed E-state index contributed by atoms with van der Waals surface area (Å²) in [6.45, 7) is 0. The van der Waals surface area contributed by atoms with Crippen LogP contribution in [0.25, 0.3) is 0 Å². The fourth-order valence-corrected chi connectivity index (χ4v) is 0. The summed E-state index contributed by atoms with van der Waals surface area (Å²) in [6, 6.07) is 0. The van der Waals surface area contributed by atoms with Crippen LogP contribution in [0.2, 0.25) is 0 Å². The summed E-state index contributed by atoms with van der Waals surface area (Å²) in [7, 11) is 0. The van der Waals surface area contributed by atoms with Crippen LogP contribution in [0.4, 0.5) is 0 Å². The van der Waals surface area contributed by atoms with Crippen molar-refractivity contribution in [3.8, 4) is 0 Å². The normalized spacial score (nSPS) is 5.60. The predicted octanol–water partition coefficient (Wildman–Crippen LogP) is -3.94. The maximum absolute atomic E-state index is 8.36. The second kappa shape index (κ2) is 49.6. The first-order chi connectivity index (χ1) is 12.1. The van der Waals surface area contributed by atoms with E-state index in [9.17, 15) is 0 Å². The third-order valence-electron chi connectivity index (χ3n) is 0. The standard InChI is InChI=1S/Al.4HNO3.3NO3.H4Si/c;7*2-1(3)4;/h;4*(H,2,3,4);;;;1H4/q+3;;;;;3*-1;. The van der Waals surface area contributed by atoms with Gasteiger partial charge in [0.2, 0.25) is 0 Å². The molecule has 0 unspecified atom stereocenters. The van der Waals surface area contributed by atoms with E-state index in [4.69, 9.17) is 107 Å². The molecule has 30 heteroatoms. The van der Waals surface area contributed by atoms with Gasteiger partial charge >= 0.3 is 17.4 Å². The predicted molar refractivity (Wildman–Crippen MR) is 83.3 cm³/mol. The number of rotatable bonds is 0. The molecule has 4 N–H and O–H groups in total. The van der Waals surface area contributed by atoms with E-state index in [0.29, 0.717) is 0 Å². The molecular formula is H8AlN7O21Si. The zero-order chi connectivity index (χ0) is 25.0. The second-order valence-electron chi connectivity index (χ2n) is 1.62. The summed E-state index contributed by atoms with van der Waals surface area (Å²) in [5.41, 5.74) is 0. The Labute approximate surface area is 172 Å². The van der Waals surface area contributed by atoms with Gasteiger partial charge in [-0.2, -0.15) is 0 Å². The van der Waals surface area contributed by atoms with Crippen LogP contribution in [-0.4, -0.2) is 84.8 Å². The summed E-state index contributed by atoms with van der Waals surface area (Å²) in [4.78, 5) is 58.2. The molecule has 28 nitrogen and oxygen atoms in total. The molecule has 0 aromatic carbocycles. The zero-order valence-electron chi connectivity index (χ0n) is 12.4. The first-order valence-corrected chi connectivity index (χ1v) is 3.90. The molecule has 30 heavy (non-hydrogen) atoms. The summed E-state index contributed by atoms with van der Waals surface area (Å²) in [5.74, 6) is 0. The summed E-state index contributed by atoms with van der Waals surface area (Å²) in [6.07, 6.45) is 0. The SMILES string of the molecule is O=[N+]([O-])O.O=[N+]([O-])O.O=[N+]([O-])O.O=[N+]([O-])O.O=[N+]([O-])[O-].O=[N+]([O-])[O-].O=[N+]([O-])[O-].[Al+3].[SiH4]. The minimum Gasteiger partial charge on any atom is -0.356 e. The minimum atomic E-state index is -1.75. The monoisotopic (exact) mass is 497 g/mol. The summed E-state index contributed by atoms with van der Waals surface area (Å²) >= 11 is 0. The van der Waals surface area contributed by atoms with Crippen molar-refractivity contribution in [2.45, 2.75) is 0 Å². The van der Waals surface area contributed by atoms with E-state index in [0.717, 1.165) is 0 Å². The van der Waals surface area contributed by atoms with E-state index >= 15 is 0 Å². The molecule has 0 saturated carbocycles. The molecule has 0 aliphatic carbocycles. The van der Waals surface area contributed by atoms with E-state index < -0.39 is 35.6 Å². The number of hydrogen-bond acceptors (Lipinski definition) is 17. The van der Waals surface area contributed by atoms with Gasteiger partial charge in [0, 0.05) is 0 Å². The smallest absolute Gasteiger partial charge is 0.356 e. The number of nitrogens with zero attached hydrogens (tertiary/aromatic N) is 7. The van der Waals surface area contributed by atoms with Crippen molar-refractivity contribution >= 4 is 28.3 Å². The van der Waals surface area contributed by atoms with Crippen LogP contribution in [0.1, 0.15) is 0 Å². The molecule has 176 valence electrons. The minimum absolute atomic E-state index is 0. The van der Waals surface area contributed by atoms with Crippen molar-refractivity contribution in [2.75, 3.05) is 0 Å². The van der Waals surface area contributed by atoms with Gasteiger partial charge in [0.25, 0.3) is 20.3 Å². The first-order valence-electron chi connectivity index (χ1n) is 3.90. The Balaban J connectivity index is -0.0000000242. The Morgan fingerprint density at radius 2 is 0.367 bits per heavy atom. The van der Waals surface area contributed by atoms with Crippen molar-refractivity contribution in [1.82, 2.24) is 0 Å². The second-order valence-corrected chi connectivity index (χ2v) is 1.62. The molecule has 0 amide bonds. The van der Waals surface area contributed by atoms with Gasteiger partial charge in [-0.25, -0.2) is 0 Å². The van der Waals surface area contributed by atoms with Gasteiger partial charge in [-0.15, -0.1) is 40.5 Å². The van der Waals surface area contributed by atoms with Crippen LogP contribution in [-0.2, 0) is 0 Å². The summed E-state index contributed by atoms with van der Waals surface area (Å²) < 4.78 is 0. The fraction of sp³-hybridized carbons (Fsp3) is 0. The van der Waals surface area contributed by atoms with Crippen LogP contribution in [0.15, 0.2) is 0 Å². The van der Waals surface area contributed by atoms with Crippen LogP contribution in [0, 0.1) is 86.4 Å². The maximum atomic E-state index is 8.36. The molecule has 0 bridgehead atoms. The fourth-order valence-electron chi connectivity index (χ4n) is 0. The van der Waals surface area contributed by atoms with Gasteiger partial charge in [-0.05, 0) is 11.0 Å². The molecule has 0 fully saturated rings. The van der Waals surface area contributed by atoms with Gasteiger partial charge in [-0.3, -0.25) is 0 Å². The van der Waals surface area contributed by atoms with E-state index in [-0.39, 0.29) is 28.3 Å². The van der Waals surface area contributed by atoms with Crippen LogP contribution in [0.3, 0.4) is 0 Å². The Hall–Kier alpha value is -4.85. The largest absolute Gasteiger partial charge is 3.00 e. The molecule has 0 atom stereocenters. The Kier molecular flexibility index (Phi) is 93.0. The van der Waals surface area contributed by atoms with Gasteiger partial charge in [0.1, 0.15) is 0 Å². The maximum Gasteiger partial charge on any atom is 3.00 e. The third kappa shape index (κ3) is 483. The van der Waals surface area contributed by atoms with Crippen molar-refractivity contribution in [3.63, 3.8) is 0 Å². The Morgan fingerprint density at radius 1 is 0.367 bits per heavy atom. The first kappa shape index (κ1) is 56.2. The van der Waals surface area contributed by atoms with Gasteiger partial charge < -0.3 is 66.8 Å². The zero-order valence-corrected chi connectivity index (χ0v) is 13.6. The average Bonchev–Trinajstić information content (AvgIpc) is 2.20. The van der Waals surface area contributed by atoms with Crippen LogP contribution in [0.5, 0.6) is 0 Å². The number of hydrogen-bond donors (Lipinski definition) is 4. The molecule has 0 spiro atoms. The molecule has 0 rings (SSSR count). The van der Waals surface area contributed by atoms with E-state index in [1.807, 2.05) is 0 Å². The van der Waals surface area contributed by atoms with E-state index in [2.05, 4.69) is 0 Å². The molecule has 0 aliphatic rings. The van der Waals surface area contributed by atoms with Gasteiger partial charge in [0.05, 0.1) is 15.3 Å². The Bertz CT molecular complexity index is 314.